The van der Waals surface area contributed by atoms with Crippen LogP contribution in [0.1, 0.15) is 51.2 Å². The minimum atomic E-state index is -0.461. The second kappa shape index (κ2) is 8.96. The third-order valence-corrected chi connectivity index (χ3v) is 5.87. The summed E-state index contributed by atoms with van der Waals surface area (Å²) in [4.78, 5) is 14.6. The van der Waals surface area contributed by atoms with E-state index in [2.05, 4.69) is 54.5 Å². The zero-order chi connectivity index (χ0) is 21.9. The maximum absolute atomic E-state index is 12.2. The predicted octanol–water partition coefficient (Wildman–Crippen LogP) is 5.62. The van der Waals surface area contributed by atoms with Gasteiger partial charge < -0.3 is 15.0 Å². The van der Waals surface area contributed by atoms with Crippen LogP contribution in [0.25, 0.3) is 0 Å². The summed E-state index contributed by atoms with van der Waals surface area (Å²) >= 11 is 6.55. The number of para-hydroxylation sites is 2. The molecule has 1 heterocycles. The van der Waals surface area contributed by atoms with Crippen LogP contribution in [0, 0.1) is 0 Å². The lowest BCUT2D eigenvalue weighted by molar-refractivity contribution is 0.252. The first kappa shape index (κ1) is 22.0. The predicted molar refractivity (Wildman–Crippen MR) is 124 cm³/mol. The van der Waals surface area contributed by atoms with Crippen LogP contribution in [0.2, 0.25) is 5.02 Å². The lowest BCUT2D eigenvalue weighted by Crippen LogP contribution is -2.48. The number of anilines is 2. The number of carbonyl (C=O) groups is 1. The molecule has 1 aliphatic heterocycles. The molecule has 7 heteroatoms. The van der Waals surface area contributed by atoms with Gasteiger partial charge in [-0.1, -0.05) is 30.7 Å². The molecular formula is C23H29ClN4O2. The van der Waals surface area contributed by atoms with Gasteiger partial charge in [-0.2, -0.15) is 5.10 Å². The number of amides is 2. The van der Waals surface area contributed by atoms with Crippen molar-refractivity contribution in [1.29, 1.82) is 0 Å². The van der Waals surface area contributed by atoms with E-state index >= 15 is 0 Å². The van der Waals surface area contributed by atoms with Crippen molar-refractivity contribution in [2.45, 2.75) is 45.6 Å². The molecule has 2 aromatic rings. The van der Waals surface area contributed by atoms with Crippen molar-refractivity contribution in [3.63, 3.8) is 0 Å². The SMILES string of the molecule is CCN1c2cc(Cl)c(/C=N/NC(=O)Nc3ccccc3OC)cc2C(C)CC1(C)C. The van der Waals surface area contributed by atoms with E-state index in [1.54, 1.807) is 25.5 Å². The Kier molecular flexibility index (Phi) is 6.56. The van der Waals surface area contributed by atoms with E-state index in [4.69, 9.17) is 16.3 Å². The average molecular weight is 429 g/mol. The Morgan fingerprint density at radius 2 is 2.10 bits per heavy atom. The third kappa shape index (κ3) is 4.54. The van der Waals surface area contributed by atoms with Gasteiger partial charge in [-0.05, 0) is 62.9 Å². The van der Waals surface area contributed by atoms with Crippen LogP contribution in [0.5, 0.6) is 5.75 Å². The quantitative estimate of drug-likeness (QED) is 0.480. The minimum Gasteiger partial charge on any atom is -0.495 e. The standard InChI is InChI=1S/C23H29ClN4O2/c1-6-28-20-12-18(24)16(11-17(20)15(2)13-23(28,3)4)14-25-27-22(29)26-19-9-7-8-10-21(19)30-5/h7-12,14-15H,6,13H2,1-5H3,(H2,26,27,29)/b25-14+. The molecule has 1 atom stereocenters. The van der Waals surface area contributed by atoms with Gasteiger partial charge in [0.2, 0.25) is 0 Å². The van der Waals surface area contributed by atoms with Crippen LogP contribution in [0.15, 0.2) is 41.5 Å². The van der Waals surface area contributed by atoms with Gasteiger partial charge in [0.05, 0.1) is 24.0 Å². The lowest BCUT2D eigenvalue weighted by Gasteiger charge is -2.47. The Morgan fingerprint density at radius 3 is 2.80 bits per heavy atom. The zero-order valence-corrected chi connectivity index (χ0v) is 18.9. The fraction of sp³-hybridized carbons (Fsp3) is 0.391. The number of fused-ring (bicyclic) bond motifs is 1. The molecule has 0 fully saturated rings. The maximum atomic E-state index is 12.2. The highest BCUT2D eigenvalue weighted by Gasteiger charge is 2.35. The number of urea groups is 1. The maximum Gasteiger partial charge on any atom is 0.339 e. The number of hydrazone groups is 1. The van der Waals surface area contributed by atoms with E-state index in [0.717, 1.165) is 18.5 Å². The van der Waals surface area contributed by atoms with Crippen LogP contribution >= 0.6 is 11.6 Å². The van der Waals surface area contributed by atoms with Gasteiger partial charge in [0, 0.05) is 23.3 Å². The van der Waals surface area contributed by atoms with E-state index in [0.29, 0.717) is 22.4 Å². The van der Waals surface area contributed by atoms with Gasteiger partial charge in [-0.3, -0.25) is 0 Å². The molecule has 0 saturated carbocycles. The molecule has 1 aliphatic rings. The van der Waals surface area contributed by atoms with Crippen molar-refractivity contribution in [3.8, 4) is 5.75 Å². The zero-order valence-electron chi connectivity index (χ0n) is 18.1. The monoisotopic (exact) mass is 428 g/mol. The summed E-state index contributed by atoms with van der Waals surface area (Å²) < 4.78 is 5.23. The van der Waals surface area contributed by atoms with Crippen molar-refractivity contribution < 1.29 is 9.53 Å². The Bertz CT molecular complexity index is 958. The number of hydrogen-bond donors (Lipinski definition) is 2. The topological polar surface area (TPSA) is 66.0 Å². The molecule has 3 rings (SSSR count). The second-order valence-electron chi connectivity index (χ2n) is 8.12. The Balaban J connectivity index is 1.75. The van der Waals surface area contributed by atoms with Crippen molar-refractivity contribution in [1.82, 2.24) is 5.43 Å². The van der Waals surface area contributed by atoms with Gasteiger partial charge in [0.25, 0.3) is 0 Å². The summed E-state index contributed by atoms with van der Waals surface area (Å²) in [6.45, 7) is 9.85. The molecule has 0 saturated heterocycles. The molecule has 0 aromatic heterocycles. The molecule has 6 nitrogen and oxygen atoms in total. The first-order chi connectivity index (χ1) is 14.3. The van der Waals surface area contributed by atoms with E-state index in [1.165, 1.54) is 11.3 Å². The van der Waals surface area contributed by atoms with E-state index in [1.807, 2.05) is 18.2 Å². The second-order valence-corrected chi connectivity index (χ2v) is 8.53. The van der Waals surface area contributed by atoms with Gasteiger partial charge >= 0.3 is 6.03 Å². The number of rotatable bonds is 5. The summed E-state index contributed by atoms with van der Waals surface area (Å²) in [5.41, 5.74) is 6.32. The molecule has 30 heavy (non-hydrogen) atoms. The number of hydrogen-bond acceptors (Lipinski definition) is 4. The molecule has 0 radical (unpaired) electrons. The summed E-state index contributed by atoms with van der Waals surface area (Å²) in [7, 11) is 1.55. The van der Waals surface area contributed by atoms with Crippen molar-refractivity contribution in [3.05, 3.63) is 52.5 Å². The number of halogens is 1. The fourth-order valence-electron chi connectivity index (χ4n) is 4.28. The van der Waals surface area contributed by atoms with Crippen LogP contribution < -0.4 is 20.4 Å². The van der Waals surface area contributed by atoms with Crippen molar-refractivity contribution >= 4 is 35.2 Å². The highest BCUT2D eigenvalue weighted by atomic mass is 35.5. The lowest BCUT2D eigenvalue weighted by atomic mass is 9.79. The molecule has 160 valence electrons. The average Bonchev–Trinajstić information content (AvgIpc) is 2.69. The van der Waals surface area contributed by atoms with Gasteiger partial charge in [-0.15, -0.1) is 0 Å². The van der Waals surface area contributed by atoms with E-state index in [9.17, 15) is 4.79 Å². The summed E-state index contributed by atoms with van der Waals surface area (Å²) in [6.07, 6.45) is 2.64. The molecule has 2 aromatic carbocycles. The molecule has 2 N–H and O–H groups in total. The molecule has 2 amide bonds. The summed E-state index contributed by atoms with van der Waals surface area (Å²) in [6, 6.07) is 10.8. The molecular weight excluding hydrogens is 400 g/mol. The first-order valence-corrected chi connectivity index (χ1v) is 10.5. The van der Waals surface area contributed by atoms with E-state index < -0.39 is 6.03 Å². The van der Waals surface area contributed by atoms with Crippen molar-refractivity contribution in [2.24, 2.45) is 5.10 Å². The Labute approximate surface area is 183 Å². The van der Waals surface area contributed by atoms with E-state index in [-0.39, 0.29) is 5.54 Å². The molecule has 0 aliphatic carbocycles. The Hall–Kier alpha value is -2.73. The van der Waals surface area contributed by atoms with Crippen molar-refractivity contribution in [2.75, 3.05) is 23.9 Å². The number of benzene rings is 2. The first-order valence-electron chi connectivity index (χ1n) is 10.1. The number of methoxy groups -OCH3 is 1. The molecule has 0 bridgehead atoms. The highest BCUT2D eigenvalue weighted by Crippen LogP contribution is 2.44. The van der Waals surface area contributed by atoms with Crippen LogP contribution in [-0.2, 0) is 0 Å². The van der Waals surface area contributed by atoms with Gasteiger partial charge in [0.1, 0.15) is 5.75 Å². The van der Waals surface area contributed by atoms with Crippen LogP contribution in [0.4, 0.5) is 16.2 Å². The fourth-order valence-corrected chi connectivity index (χ4v) is 4.48. The minimum absolute atomic E-state index is 0.0816. The number of ether oxygens (including phenoxy) is 1. The molecule has 0 spiro atoms. The van der Waals surface area contributed by atoms with Gasteiger partial charge in [-0.25, -0.2) is 10.2 Å². The number of carbonyl (C=O) groups excluding carboxylic acids is 1. The number of nitrogens with one attached hydrogen (secondary N) is 2. The Morgan fingerprint density at radius 1 is 1.37 bits per heavy atom. The largest absolute Gasteiger partial charge is 0.495 e. The normalized spacial score (nSPS) is 17.5. The molecule has 1 unspecified atom stereocenters. The summed E-state index contributed by atoms with van der Waals surface area (Å²) in [5.74, 6) is 0.982. The highest BCUT2D eigenvalue weighted by molar-refractivity contribution is 6.33. The number of nitrogens with zero attached hydrogens (tertiary/aromatic N) is 2. The van der Waals surface area contributed by atoms with Gasteiger partial charge in [0.15, 0.2) is 0 Å². The smallest absolute Gasteiger partial charge is 0.339 e. The van der Waals surface area contributed by atoms with Crippen LogP contribution in [0.3, 0.4) is 0 Å². The van der Waals surface area contributed by atoms with Crippen LogP contribution in [-0.4, -0.2) is 31.4 Å². The summed E-state index contributed by atoms with van der Waals surface area (Å²) in [5, 5.41) is 7.39. The third-order valence-electron chi connectivity index (χ3n) is 5.55.